The molecule has 44 valence electrons. The first-order valence-electron chi connectivity index (χ1n) is 1.12. The fourth-order valence-corrected chi connectivity index (χ4v) is 0.127. The molecule has 0 heterocycles. The Morgan fingerprint density at radius 3 is 1.71 bits per heavy atom. The molecule has 0 atom stereocenters. The van der Waals surface area contributed by atoms with Crippen molar-refractivity contribution in [3.05, 3.63) is 0 Å². The topological polar surface area (TPSA) is 38.7 Å². The smallest absolute Gasteiger partial charge is 0.221 e. The monoisotopic (exact) mass is 166 g/mol. The van der Waals surface area contributed by atoms with Gasteiger partial charge in [0.1, 0.15) is 0 Å². The number of hydrogen-bond acceptors (Lipinski definition) is 3. The molecule has 0 aromatic rings. The van der Waals surface area contributed by atoms with Gasteiger partial charge >= 0.3 is 3.98 Å². The average molecular weight is 167 g/mol. The summed E-state index contributed by atoms with van der Waals surface area (Å²) in [4.78, 5) is 3.58. The summed E-state index contributed by atoms with van der Waals surface area (Å²) in [6.45, 7) is 0. The normalized spacial score (nSPS) is 12.0. The molecule has 0 spiro atoms. The van der Waals surface area contributed by atoms with Crippen LogP contribution in [0.15, 0.2) is 0 Å². The first-order chi connectivity index (χ1) is 3.06. The van der Waals surface area contributed by atoms with Crippen molar-refractivity contribution < 1.29 is 15.2 Å². The largest absolute Gasteiger partial charge is 0.329 e. The van der Waals surface area contributed by atoms with Gasteiger partial charge in [0.2, 0.25) is 0 Å². The lowest BCUT2D eigenvalue weighted by Gasteiger charge is -2.03. The van der Waals surface area contributed by atoms with Crippen LogP contribution in [-0.2, 0) is 9.93 Å². The minimum Gasteiger partial charge on any atom is -0.221 e. The Morgan fingerprint density at radius 1 is 1.29 bits per heavy atom. The van der Waals surface area contributed by atoms with Crippen LogP contribution >= 0.6 is 34.8 Å². The second-order valence-corrected chi connectivity index (χ2v) is 2.78. The van der Waals surface area contributed by atoms with Crippen LogP contribution in [0.4, 0.5) is 0 Å². The number of alkyl halides is 3. The minimum atomic E-state index is -2.01. The SMILES string of the molecule is OOOC(Cl)(Cl)Cl. The molecule has 1 N–H and O–H groups in total. The van der Waals surface area contributed by atoms with Gasteiger partial charge in [0.25, 0.3) is 0 Å². The molecule has 0 radical (unpaired) electrons. The third-order valence-corrected chi connectivity index (χ3v) is 0.321. The van der Waals surface area contributed by atoms with Gasteiger partial charge in [0.05, 0.1) is 0 Å². The molecule has 0 aromatic heterocycles. The van der Waals surface area contributed by atoms with Crippen molar-refractivity contribution in [1.29, 1.82) is 0 Å². The van der Waals surface area contributed by atoms with Gasteiger partial charge in [-0.25, -0.2) is 5.26 Å². The molecule has 0 fully saturated rings. The molecule has 0 amide bonds. The first-order valence-corrected chi connectivity index (χ1v) is 2.25. The Morgan fingerprint density at radius 2 is 1.71 bits per heavy atom. The van der Waals surface area contributed by atoms with E-state index in [0.29, 0.717) is 0 Å². The molecular formula is CHCl3O3. The molecule has 7 heavy (non-hydrogen) atoms. The number of halogens is 3. The fraction of sp³-hybridized carbons (Fsp3) is 1.00. The van der Waals surface area contributed by atoms with Gasteiger partial charge < -0.3 is 0 Å². The van der Waals surface area contributed by atoms with Crippen LogP contribution in [0.1, 0.15) is 0 Å². The Kier molecular flexibility index (Phi) is 3.23. The van der Waals surface area contributed by atoms with Gasteiger partial charge in [-0.05, 0) is 0 Å². The third-order valence-electron chi connectivity index (χ3n) is 0.132. The number of hydrogen-bond donors (Lipinski definition) is 1. The summed E-state index contributed by atoms with van der Waals surface area (Å²) in [6, 6.07) is 0. The third kappa shape index (κ3) is 6.75. The summed E-state index contributed by atoms with van der Waals surface area (Å²) in [6.07, 6.45) is 0. The van der Waals surface area contributed by atoms with Crippen molar-refractivity contribution in [1.82, 2.24) is 0 Å². The van der Waals surface area contributed by atoms with E-state index < -0.39 is 3.98 Å². The lowest BCUT2D eigenvalue weighted by Crippen LogP contribution is -2.06. The Hall–Kier alpha value is 0.750. The second kappa shape index (κ2) is 2.91. The Labute approximate surface area is 54.5 Å². The van der Waals surface area contributed by atoms with Gasteiger partial charge in [0.15, 0.2) is 0 Å². The first kappa shape index (κ1) is 7.75. The highest BCUT2D eigenvalue weighted by Crippen LogP contribution is 2.26. The second-order valence-electron chi connectivity index (χ2n) is 0.604. The molecule has 0 bridgehead atoms. The van der Waals surface area contributed by atoms with Gasteiger partial charge in [-0.1, -0.05) is 39.8 Å². The summed E-state index contributed by atoms with van der Waals surface area (Å²) in [5.41, 5.74) is 0. The number of rotatable bonds is 1. The van der Waals surface area contributed by atoms with Crippen LogP contribution in [0.3, 0.4) is 0 Å². The van der Waals surface area contributed by atoms with Crippen LogP contribution in [-0.4, -0.2) is 9.24 Å². The van der Waals surface area contributed by atoms with Crippen LogP contribution in [0.25, 0.3) is 0 Å². The molecule has 0 saturated carbocycles. The van der Waals surface area contributed by atoms with Crippen LogP contribution < -0.4 is 0 Å². The molecule has 0 aliphatic carbocycles. The van der Waals surface area contributed by atoms with Crippen molar-refractivity contribution in [3.8, 4) is 0 Å². The van der Waals surface area contributed by atoms with E-state index in [0.717, 1.165) is 0 Å². The zero-order chi connectivity index (χ0) is 5.91. The van der Waals surface area contributed by atoms with Crippen molar-refractivity contribution in [3.63, 3.8) is 0 Å². The highest BCUT2D eigenvalue weighted by Gasteiger charge is 2.21. The van der Waals surface area contributed by atoms with Crippen LogP contribution in [0.5, 0.6) is 0 Å². The maximum atomic E-state index is 7.43. The molecule has 0 unspecified atom stereocenters. The lowest BCUT2D eigenvalue weighted by atomic mass is 11.6. The standard InChI is InChI=1S/CHCl3O3/c2-1(3,4)6-7-5/h5H. The van der Waals surface area contributed by atoms with E-state index in [2.05, 4.69) is 9.93 Å². The lowest BCUT2D eigenvalue weighted by molar-refractivity contribution is -0.494. The van der Waals surface area contributed by atoms with E-state index in [9.17, 15) is 0 Å². The van der Waals surface area contributed by atoms with Crippen molar-refractivity contribution >= 4 is 34.8 Å². The zero-order valence-electron chi connectivity index (χ0n) is 2.90. The maximum Gasteiger partial charge on any atom is 0.329 e. The highest BCUT2D eigenvalue weighted by atomic mass is 35.6. The quantitative estimate of drug-likeness (QED) is 0.367. The van der Waals surface area contributed by atoms with E-state index >= 15 is 0 Å². The van der Waals surface area contributed by atoms with Gasteiger partial charge in [-0.15, -0.1) is 4.89 Å². The highest BCUT2D eigenvalue weighted by molar-refractivity contribution is 6.66. The molecule has 0 aliphatic heterocycles. The Balaban J connectivity index is 3.15. The molecule has 0 rings (SSSR count). The van der Waals surface area contributed by atoms with Crippen LogP contribution in [0, 0.1) is 0 Å². The van der Waals surface area contributed by atoms with Crippen LogP contribution in [0.2, 0.25) is 0 Å². The predicted molar refractivity (Wildman–Crippen MR) is 25.1 cm³/mol. The van der Waals surface area contributed by atoms with E-state index in [1.54, 1.807) is 0 Å². The summed E-state index contributed by atoms with van der Waals surface area (Å²) in [5, 5.41) is 10.4. The zero-order valence-corrected chi connectivity index (χ0v) is 5.17. The van der Waals surface area contributed by atoms with Gasteiger partial charge in [-0.3, -0.25) is 0 Å². The van der Waals surface area contributed by atoms with E-state index in [-0.39, 0.29) is 0 Å². The molecular weight excluding hydrogens is 166 g/mol. The molecule has 0 saturated heterocycles. The molecule has 0 aromatic carbocycles. The molecule has 0 aliphatic rings. The minimum absolute atomic E-state index is 2.01. The fourth-order valence-electron chi connectivity index (χ4n) is 0.0423. The van der Waals surface area contributed by atoms with E-state index in [1.165, 1.54) is 0 Å². The summed E-state index contributed by atoms with van der Waals surface area (Å²) < 4.78 is -2.01. The molecule has 6 heteroatoms. The Bertz CT molecular complexity index is 48.6. The van der Waals surface area contributed by atoms with Crippen molar-refractivity contribution in [2.24, 2.45) is 0 Å². The van der Waals surface area contributed by atoms with Crippen molar-refractivity contribution in [2.45, 2.75) is 3.98 Å². The van der Waals surface area contributed by atoms with E-state index in [1.807, 2.05) is 0 Å². The molecule has 3 nitrogen and oxygen atoms in total. The predicted octanol–water partition coefficient (Wildman–Crippen LogP) is 1.74. The van der Waals surface area contributed by atoms with Gasteiger partial charge in [-0.2, -0.15) is 0 Å². The van der Waals surface area contributed by atoms with E-state index in [4.69, 9.17) is 40.1 Å². The average Bonchev–Trinajstić information content (AvgIpc) is 1.30. The summed E-state index contributed by atoms with van der Waals surface area (Å²) in [5.74, 6) is 0. The maximum absolute atomic E-state index is 7.43. The summed E-state index contributed by atoms with van der Waals surface area (Å²) in [7, 11) is 0. The van der Waals surface area contributed by atoms with Gasteiger partial charge in [0, 0.05) is 0 Å². The van der Waals surface area contributed by atoms with Crippen molar-refractivity contribution in [2.75, 3.05) is 0 Å². The summed E-state index contributed by atoms with van der Waals surface area (Å²) >= 11 is 14.6.